The summed E-state index contributed by atoms with van der Waals surface area (Å²) >= 11 is 0. The topological polar surface area (TPSA) is 105 Å². The molecule has 0 bridgehead atoms. The highest BCUT2D eigenvalue weighted by atomic mass is 16.3. The van der Waals surface area contributed by atoms with E-state index in [1.54, 1.807) is 12.1 Å². The molecule has 0 amide bonds. The van der Waals surface area contributed by atoms with Crippen molar-refractivity contribution in [3.63, 3.8) is 0 Å². The minimum Gasteiger partial charge on any atom is -0.397 e. The van der Waals surface area contributed by atoms with Crippen LogP contribution < -0.4 is 11.5 Å². The lowest BCUT2D eigenvalue weighted by atomic mass is 10.1. The Balaban J connectivity index is 2.88. The van der Waals surface area contributed by atoms with Crippen molar-refractivity contribution in [3.05, 3.63) is 24.0 Å². The van der Waals surface area contributed by atoms with Crippen molar-refractivity contribution in [2.45, 2.75) is 12.2 Å². The number of hydrogen-bond acceptors (Lipinski definition) is 5. The lowest BCUT2D eigenvalue weighted by molar-refractivity contribution is 0.0222. The SMILES string of the molecule is NCC(O)C(O)c1ncccc1N. The highest BCUT2D eigenvalue weighted by molar-refractivity contribution is 5.43. The lowest BCUT2D eigenvalue weighted by Gasteiger charge is -2.16. The average Bonchev–Trinajstić information content (AvgIpc) is 2.16. The maximum absolute atomic E-state index is 9.50. The standard InChI is InChI=1S/C8H13N3O2/c9-4-6(12)8(13)7-5(10)2-1-3-11-7/h1-3,6,8,12-13H,4,9-10H2. The predicted octanol–water partition coefficient (Wildman–Crippen LogP) is -0.983. The zero-order chi connectivity index (χ0) is 9.84. The molecule has 1 rings (SSSR count). The molecule has 2 atom stereocenters. The molecule has 5 heteroatoms. The number of pyridine rings is 1. The Morgan fingerprint density at radius 3 is 2.69 bits per heavy atom. The van der Waals surface area contributed by atoms with Crippen LogP contribution in [0.4, 0.5) is 5.69 Å². The normalized spacial score (nSPS) is 15.3. The molecule has 0 aliphatic carbocycles. The van der Waals surface area contributed by atoms with Crippen LogP contribution in [0.3, 0.4) is 0 Å². The van der Waals surface area contributed by atoms with Gasteiger partial charge in [-0.1, -0.05) is 0 Å². The summed E-state index contributed by atoms with van der Waals surface area (Å²) in [6.45, 7) is -0.0306. The first-order valence-electron chi connectivity index (χ1n) is 3.93. The van der Waals surface area contributed by atoms with E-state index >= 15 is 0 Å². The van der Waals surface area contributed by atoms with Gasteiger partial charge in [0.2, 0.25) is 0 Å². The van der Waals surface area contributed by atoms with E-state index in [9.17, 15) is 10.2 Å². The summed E-state index contributed by atoms with van der Waals surface area (Å²) in [5.41, 5.74) is 11.3. The molecule has 72 valence electrons. The van der Waals surface area contributed by atoms with E-state index in [1.807, 2.05) is 0 Å². The molecule has 0 saturated heterocycles. The molecule has 0 spiro atoms. The van der Waals surface area contributed by atoms with Gasteiger partial charge in [-0.15, -0.1) is 0 Å². The first-order valence-corrected chi connectivity index (χ1v) is 3.93. The smallest absolute Gasteiger partial charge is 0.125 e. The van der Waals surface area contributed by atoms with Gasteiger partial charge in [0.05, 0.1) is 17.5 Å². The van der Waals surface area contributed by atoms with Crippen LogP contribution in [0.2, 0.25) is 0 Å². The van der Waals surface area contributed by atoms with Crippen molar-refractivity contribution in [2.24, 2.45) is 5.73 Å². The summed E-state index contributed by atoms with van der Waals surface area (Å²) in [5, 5.41) is 18.7. The molecule has 0 radical (unpaired) electrons. The summed E-state index contributed by atoms with van der Waals surface area (Å²) in [5.74, 6) is 0. The van der Waals surface area contributed by atoms with Gasteiger partial charge in [-0.2, -0.15) is 0 Å². The Morgan fingerprint density at radius 1 is 1.46 bits per heavy atom. The molecular weight excluding hydrogens is 170 g/mol. The van der Waals surface area contributed by atoms with Gasteiger partial charge in [-0.3, -0.25) is 4.98 Å². The second-order valence-corrected chi connectivity index (χ2v) is 2.73. The van der Waals surface area contributed by atoms with Gasteiger partial charge < -0.3 is 21.7 Å². The second-order valence-electron chi connectivity index (χ2n) is 2.73. The predicted molar refractivity (Wildman–Crippen MR) is 48.7 cm³/mol. The number of hydrogen-bond donors (Lipinski definition) is 4. The first-order chi connectivity index (χ1) is 6.16. The molecule has 5 nitrogen and oxygen atoms in total. The van der Waals surface area contributed by atoms with Crippen LogP contribution in [0, 0.1) is 0 Å². The average molecular weight is 183 g/mol. The number of anilines is 1. The van der Waals surface area contributed by atoms with E-state index < -0.39 is 12.2 Å². The van der Waals surface area contributed by atoms with E-state index in [-0.39, 0.29) is 12.2 Å². The Morgan fingerprint density at radius 2 is 2.15 bits per heavy atom. The molecule has 1 aromatic rings. The quantitative estimate of drug-likeness (QED) is 0.482. The van der Waals surface area contributed by atoms with Gasteiger partial charge in [0.25, 0.3) is 0 Å². The Labute approximate surface area is 76.0 Å². The summed E-state index contributed by atoms with van der Waals surface area (Å²) in [4.78, 5) is 3.86. The third-order valence-corrected chi connectivity index (χ3v) is 1.76. The molecular formula is C8H13N3O2. The minimum absolute atomic E-state index is 0.0306. The van der Waals surface area contributed by atoms with Crippen LogP contribution in [0.25, 0.3) is 0 Å². The maximum atomic E-state index is 9.50. The van der Waals surface area contributed by atoms with Crippen molar-refractivity contribution in [1.29, 1.82) is 0 Å². The summed E-state index contributed by atoms with van der Waals surface area (Å²) in [7, 11) is 0. The Kier molecular flexibility index (Phi) is 3.18. The van der Waals surface area contributed by atoms with Gasteiger partial charge >= 0.3 is 0 Å². The van der Waals surface area contributed by atoms with E-state index in [2.05, 4.69) is 4.98 Å². The zero-order valence-corrected chi connectivity index (χ0v) is 7.09. The van der Waals surface area contributed by atoms with Crippen molar-refractivity contribution < 1.29 is 10.2 Å². The molecule has 6 N–H and O–H groups in total. The highest BCUT2D eigenvalue weighted by Crippen LogP contribution is 2.19. The lowest BCUT2D eigenvalue weighted by Crippen LogP contribution is -2.28. The van der Waals surface area contributed by atoms with Crippen LogP contribution >= 0.6 is 0 Å². The largest absolute Gasteiger partial charge is 0.397 e. The van der Waals surface area contributed by atoms with Crippen molar-refractivity contribution in [3.8, 4) is 0 Å². The number of nitrogens with zero attached hydrogens (tertiary/aromatic N) is 1. The molecule has 2 unspecified atom stereocenters. The van der Waals surface area contributed by atoms with Gasteiger partial charge in [0, 0.05) is 12.7 Å². The minimum atomic E-state index is -1.12. The van der Waals surface area contributed by atoms with Crippen LogP contribution in [0.15, 0.2) is 18.3 Å². The molecule has 1 heterocycles. The zero-order valence-electron chi connectivity index (χ0n) is 7.09. The van der Waals surface area contributed by atoms with E-state index in [1.165, 1.54) is 6.20 Å². The third kappa shape index (κ3) is 2.15. The number of aromatic nitrogens is 1. The van der Waals surface area contributed by atoms with Crippen LogP contribution in [-0.2, 0) is 0 Å². The fourth-order valence-corrected chi connectivity index (χ4v) is 0.988. The maximum Gasteiger partial charge on any atom is 0.125 e. The summed E-state index contributed by atoms with van der Waals surface area (Å²) < 4.78 is 0. The fraction of sp³-hybridized carbons (Fsp3) is 0.375. The number of nitrogens with two attached hydrogens (primary N) is 2. The number of aliphatic hydroxyl groups excluding tert-OH is 2. The van der Waals surface area contributed by atoms with Crippen molar-refractivity contribution in [2.75, 3.05) is 12.3 Å². The van der Waals surface area contributed by atoms with Gasteiger partial charge in [-0.25, -0.2) is 0 Å². The number of aliphatic hydroxyl groups is 2. The molecule has 1 aromatic heterocycles. The molecule has 0 fully saturated rings. The van der Waals surface area contributed by atoms with Crippen molar-refractivity contribution >= 4 is 5.69 Å². The fourth-order valence-electron chi connectivity index (χ4n) is 0.988. The van der Waals surface area contributed by atoms with Crippen LogP contribution in [-0.4, -0.2) is 27.8 Å². The number of nitrogen functional groups attached to an aromatic ring is 1. The molecule has 0 saturated carbocycles. The third-order valence-electron chi connectivity index (χ3n) is 1.76. The first kappa shape index (κ1) is 9.91. The Hall–Kier alpha value is -1.17. The second kappa shape index (κ2) is 4.18. The molecule has 0 aliphatic heterocycles. The van der Waals surface area contributed by atoms with Gasteiger partial charge in [-0.05, 0) is 12.1 Å². The highest BCUT2D eigenvalue weighted by Gasteiger charge is 2.19. The van der Waals surface area contributed by atoms with Gasteiger partial charge in [0.15, 0.2) is 0 Å². The summed E-state index contributed by atoms with van der Waals surface area (Å²) in [6, 6.07) is 3.26. The number of rotatable bonds is 3. The van der Waals surface area contributed by atoms with Crippen LogP contribution in [0.1, 0.15) is 11.8 Å². The van der Waals surface area contributed by atoms with Crippen molar-refractivity contribution in [1.82, 2.24) is 4.98 Å². The molecule has 0 aliphatic rings. The van der Waals surface area contributed by atoms with E-state index in [0.717, 1.165) is 0 Å². The molecule has 0 aromatic carbocycles. The summed E-state index contributed by atoms with van der Waals surface area (Å²) in [6.07, 6.45) is -0.651. The molecule has 13 heavy (non-hydrogen) atoms. The van der Waals surface area contributed by atoms with E-state index in [4.69, 9.17) is 11.5 Å². The van der Waals surface area contributed by atoms with E-state index in [0.29, 0.717) is 5.69 Å². The Bertz CT molecular complexity index is 280. The van der Waals surface area contributed by atoms with Gasteiger partial charge in [0.1, 0.15) is 6.10 Å². The monoisotopic (exact) mass is 183 g/mol. The van der Waals surface area contributed by atoms with Crippen LogP contribution in [0.5, 0.6) is 0 Å².